The predicted molar refractivity (Wildman–Crippen MR) is 56.0 cm³/mol. The summed E-state index contributed by atoms with van der Waals surface area (Å²) in [5.41, 5.74) is 0. The SMILES string of the molecule is CCOP(=O)(COC1CCOC1)OCC. The molecule has 1 unspecified atom stereocenters. The van der Waals surface area contributed by atoms with Crippen molar-refractivity contribution in [3.05, 3.63) is 0 Å². The maximum absolute atomic E-state index is 12.0. The third-order valence-corrected chi connectivity index (χ3v) is 3.78. The van der Waals surface area contributed by atoms with Gasteiger partial charge in [-0.3, -0.25) is 4.57 Å². The Hall–Kier alpha value is 0.0700. The quantitative estimate of drug-likeness (QED) is 0.635. The largest absolute Gasteiger partial charge is 0.379 e. The van der Waals surface area contributed by atoms with E-state index in [1.165, 1.54) is 0 Å². The monoisotopic (exact) mass is 238 g/mol. The summed E-state index contributed by atoms with van der Waals surface area (Å²) in [6, 6.07) is 0. The third kappa shape index (κ3) is 4.62. The molecule has 0 aromatic rings. The van der Waals surface area contributed by atoms with Gasteiger partial charge in [-0.2, -0.15) is 0 Å². The molecule has 1 atom stereocenters. The molecule has 1 heterocycles. The summed E-state index contributed by atoms with van der Waals surface area (Å²) in [6.07, 6.45) is 0.889. The van der Waals surface area contributed by atoms with Crippen LogP contribution in [0.25, 0.3) is 0 Å². The first kappa shape index (κ1) is 13.1. The molecule has 0 N–H and O–H groups in total. The molecule has 0 aromatic heterocycles. The molecule has 0 bridgehead atoms. The van der Waals surface area contributed by atoms with E-state index < -0.39 is 7.60 Å². The number of hydrogen-bond donors (Lipinski definition) is 0. The molecule has 90 valence electrons. The van der Waals surface area contributed by atoms with Gasteiger partial charge in [0.1, 0.15) is 6.35 Å². The Morgan fingerprint density at radius 3 is 2.47 bits per heavy atom. The van der Waals surface area contributed by atoms with E-state index in [-0.39, 0.29) is 12.5 Å². The molecule has 0 aromatic carbocycles. The van der Waals surface area contributed by atoms with Crippen molar-refractivity contribution in [1.29, 1.82) is 0 Å². The summed E-state index contributed by atoms with van der Waals surface area (Å²) in [6.45, 7) is 5.56. The molecule has 1 aliphatic heterocycles. The lowest BCUT2D eigenvalue weighted by Crippen LogP contribution is -2.14. The fourth-order valence-electron chi connectivity index (χ4n) is 1.35. The van der Waals surface area contributed by atoms with E-state index in [9.17, 15) is 4.57 Å². The summed E-state index contributed by atoms with van der Waals surface area (Å²) in [7, 11) is -3.05. The minimum Gasteiger partial charge on any atom is -0.379 e. The third-order valence-electron chi connectivity index (χ3n) is 2.01. The van der Waals surface area contributed by atoms with E-state index in [2.05, 4.69) is 0 Å². The van der Waals surface area contributed by atoms with Crippen molar-refractivity contribution in [3.63, 3.8) is 0 Å². The molecule has 0 aliphatic carbocycles. The van der Waals surface area contributed by atoms with Gasteiger partial charge in [-0.15, -0.1) is 0 Å². The summed E-state index contributed by atoms with van der Waals surface area (Å²) in [5.74, 6) is 0. The van der Waals surface area contributed by atoms with E-state index in [4.69, 9.17) is 18.5 Å². The van der Waals surface area contributed by atoms with Crippen molar-refractivity contribution in [2.75, 3.05) is 32.8 Å². The zero-order chi connectivity index (χ0) is 11.1. The molecule has 5 nitrogen and oxygen atoms in total. The molecule has 0 radical (unpaired) electrons. The summed E-state index contributed by atoms with van der Waals surface area (Å²) >= 11 is 0. The van der Waals surface area contributed by atoms with Gasteiger partial charge in [0.05, 0.1) is 25.9 Å². The Morgan fingerprint density at radius 2 is 2.00 bits per heavy atom. The average molecular weight is 238 g/mol. The van der Waals surface area contributed by atoms with Gasteiger partial charge in [0.2, 0.25) is 0 Å². The van der Waals surface area contributed by atoms with Crippen LogP contribution in [0, 0.1) is 0 Å². The molecule has 15 heavy (non-hydrogen) atoms. The minimum atomic E-state index is -3.05. The minimum absolute atomic E-state index is 0.0166. The van der Waals surface area contributed by atoms with Crippen molar-refractivity contribution in [2.24, 2.45) is 0 Å². The van der Waals surface area contributed by atoms with Crippen LogP contribution >= 0.6 is 7.60 Å². The van der Waals surface area contributed by atoms with Crippen LogP contribution in [-0.4, -0.2) is 38.9 Å². The second-order valence-corrected chi connectivity index (χ2v) is 5.22. The highest BCUT2D eigenvalue weighted by Gasteiger charge is 2.27. The summed E-state index contributed by atoms with van der Waals surface area (Å²) in [5, 5.41) is 0. The first-order valence-corrected chi connectivity index (χ1v) is 7.00. The fourth-order valence-corrected chi connectivity index (χ4v) is 2.75. The Bertz CT molecular complexity index is 205. The maximum Gasteiger partial charge on any atom is 0.356 e. The van der Waals surface area contributed by atoms with Crippen molar-refractivity contribution < 1.29 is 23.1 Å². The van der Waals surface area contributed by atoms with Crippen molar-refractivity contribution in [2.45, 2.75) is 26.4 Å². The Morgan fingerprint density at radius 1 is 1.33 bits per heavy atom. The smallest absolute Gasteiger partial charge is 0.356 e. The van der Waals surface area contributed by atoms with Gasteiger partial charge >= 0.3 is 7.60 Å². The zero-order valence-corrected chi connectivity index (χ0v) is 10.2. The molecular formula is C9H19O5P. The van der Waals surface area contributed by atoms with E-state index in [1.54, 1.807) is 13.8 Å². The second kappa shape index (κ2) is 6.61. The van der Waals surface area contributed by atoms with Gasteiger partial charge in [0, 0.05) is 6.61 Å². The normalized spacial score (nSPS) is 22.1. The van der Waals surface area contributed by atoms with Crippen LogP contribution in [0.1, 0.15) is 20.3 Å². The second-order valence-electron chi connectivity index (χ2n) is 3.23. The average Bonchev–Trinajstić information content (AvgIpc) is 2.68. The standard InChI is InChI=1S/C9H19O5P/c1-3-13-15(10,14-4-2)8-12-9-5-6-11-7-9/h9H,3-8H2,1-2H3. The number of hydrogen-bond acceptors (Lipinski definition) is 5. The fraction of sp³-hybridized carbons (Fsp3) is 1.00. The van der Waals surface area contributed by atoms with Crippen LogP contribution in [0.5, 0.6) is 0 Å². The van der Waals surface area contributed by atoms with Crippen LogP contribution in [0.3, 0.4) is 0 Å². The van der Waals surface area contributed by atoms with Crippen LogP contribution in [0.15, 0.2) is 0 Å². The van der Waals surface area contributed by atoms with Crippen molar-refractivity contribution >= 4 is 7.60 Å². The highest BCUT2D eigenvalue weighted by Crippen LogP contribution is 2.48. The number of rotatable bonds is 7. The molecule has 0 amide bonds. The molecule has 1 fully saturated rings. The summed E-state index contributed by atoms with van der Waals surface area (Å²) in [4.78, 5) is 0. The predicted octanol–water partition coefficient (Wildman–Crippen LogP) is 2.02. The molecule has 1 saturated heterocycles. The van der Waals surface area contributed by atoms with E-state index in [0.717, 1.165) is 6.42 Å². The highest BCUT2D eigenvalue weighted by molar-refractivity contribution is 7.53. The van der Waals surface area contributed by atoms with Gasteiger partial charge in [-0.05, 0) is 20.3 Å². The Balaban J connectivity index is 2.32. The van der Waals surface area contributed by atoms with Gasteiger partial charge in [0.15, 0.2) is 0 Å². The molecule has 0 saturated carbocycles. The Kier molecular flexibility index (Phi) is 5.79. The molecule has 6 heteroatoms. The lowest BCUT2D eigenvalue weighted by molar-refractivity contribution is 0.0545. The van der Waals surface area contributed by atoms with Crippen molar-refractivity contribution in [3.8, 4) is 0 Å². The first-order chi connectivity index (χ1) is 7.20. The van der Waals surface area contributed by atoms with Crippen LogP contribution in [-0.2, 0) is 23.1 Å². The van der Waals surface area contributed by atoms with Crippen molar-refractivity contribution in [1.82, 2.24) is 0 Å². The zero-order valence-electron chi connectivity index (χ0n) is 9.31. The van der Waals surface area contributed by atoms with Crippen LogP contribution in [0.4, 0.5) is 0 Å². The van der Waals surface area contributed by atoms with E-state index >= 15 is 0 Å². The van der Waals surface area contributed by atoms with Gasteiger partial charge in [0.25, 0.3) is 0 Å². The van der Waals surface area contributed by atoms with Gasteiger partial charge in [-0.25, -0.2) is 0 Å². The van der Waals surface area contributed by atoms with Gasteiger partial charge in [-0.1, -0.05) is 0 Å². The number of ether oxygens (including phenoxy) is 2. The topological polar surface area (TPSA) is 54.0 Å². The van der Waals surface area contributed by atoms with Crippen LogP contribution in [0.2, 0.25) is 0 Å². The Labute approximate surface area is 90.6 Å². The molecule has 0 spiro atoms. The first-order valence-electron chi connectivity index (χ1n) is 5.27. The molecule has 1 rings (SSSR count). The molecule has 1 aliphatic rings. The lowest BCUT2D eigenvalue weighted by Gasteiger charge is -2.18. The molecular weight excluding hydrogens is 219 g/mol. The van der Waals surface area contributed by atoms with Crippen LogP contribution < -0.4 is 0 Å². The van der Waals surface area contributed by atoms with Gasteiger partial charge < -0.3 is 18.5 Å². The van der Waals surface area contributed by atoms with E-state index in [1.807, 2.05) is 0 Å². The summed E-state index contributed by atoms with van der Waals surface area (Å²) < 4.78 is 32.7. The highest BCUT2D eigenvalue weighted by atomic mass is 31.2. The maximum atomic E-state index is 12.0. The lowest BCUT2D eigenvalue weighted by atomic mass is 10.3. The van der Waals surface area contributed by atoms with E-state index in [0.29, 0.717) is 26.4 Å².